The van der Waals surface area contributed by atoms with Crippen LogP contribution in [-0.4, -0.2) is 49.2 Å². The number of likely N-dealkylation sites (N-methyl/N-ethyl adjacent to an activating group) is 2. The van der Waals surface area contributed by atoms with E-state index in [4.69, 9.17) is 22.5 Å². The molecule has 1 atom stereocenters. The summed E-state index contributed by atoms with van der Waals surface area (Å²) in [5.41, 5.74) is 7.17. The van der Waals surface area contributed by atoms with E-state index in [-0.39, 0.29) is 5.84 Å². The standard InChI is InChI=1S/C14H21ClN4O/c1-18-7-3-4-11(9-18)19(2)10-5-6-12(13(15)8-10)14(16)17-20/h5-6,8,11,20H,3-4,7,9H2,1-2H3,(H2,16,17). The molecule has 0 aliphatic carbocycles. The predicted molar refractivity (Wildman–Crippen MR) is 82.9 cm³/mol. The third-order valence-corrected chi connectivity index (χ3v) is 4.20. The van der Waals surface area contributed by atoms with Crippen molar-refractivity contribution in [2.45, 2.75) is 18.9 Å². The molecule has 2 rings (SSSR count). The summed E-state index contributed by atoms with van der Waals surface area (Å²) in [5, 5.41) is 12.2. The molecule has 0 amide bonds. The molecule has 1 aliphatic heterocycles. The first-order chi connectivity index (χ1) is 9.52. The van der Waals surface area contributed by atoms with E-state index < -0.39 is 0 Å². The summed E-state index contributed by atoms with van der Waals surface area (Å²) >= 11 is 6.21. The molecule has 5 nitrogen and oxygen atoms in total. The van der Waals surface area contributed by atoms with Crippen LogP contribution in [-0.2, 0) is 0 Å². The van der Waals surface area contributed by atoms with Crippen LogP contribution in [0.3, 0.4) is 0 Å². The number of halogens is 1. The van der Waals surface area contributed by atoms with Crippen LogP contribution in [0, 0.1) is 0 Å². The van der Waals surface area contributed by atoms with E-state index in [9.17, 15) is 0 Å². The number of rotatable bonds is 3. The van der Waals surface area contributed by atoms with Gasteiger partial charge < -0.3 is 20.7 Å². The van der Waals surface area contributed by atoms with Crippen LogP contribution >= 0.6 is 11.6 Å². The van der Waals surface area contributed by atoms with E-state index in [1.54, 1.807) is 6.07 Å². The fraction of sp³-hybridized carbons (Fsp3) is 0.500. The van der Waals surface area contributed by atoms with E-state index in [1.165, 1.54) is 12.8 Å². The van der Waals surface area contributed by atoms with Gasteiger partial charge in [-0.2, -0.15) is 0 Å². The number of likely N-dealkylation sites (tertiary alicyclic amines) is 1. The van der Waals surface area contributed by atoms with Gasteiger partial charge in [-0.3, -0.25) is 0 Å². The highest BCUT2D eigenvalue weighted by Crippen LogP contribution is 2.26. The van der Waals surface area contributed by atoms with E-state index in [0.29, 0.717) is 16.6 Å². The third-order valence-electron chi connectivity index (χ3n) is 3.89. The number of benzene rings is 1. The largest absolute Gasteiger partial charge is 0.409 e. The van der Waals surface area contributed by atoms with Crippen molar-refractivity contribution in [1.82, 2.24) is 4.90 Å². The van der Waals surface area contributed by atoms with Gasteiger partial charge in [0.25, 0.3) is 0 Å². The second-order valence-electron chi connectivity index (χ2n) is 5.32. The fourth-order valence-corrected chi connectivity index (χ4v) is 2.92. The summed E-state index contributed by atoms with van der Waals surface area (Å²) in [6.07, 6.45) is 2.39. The zero-order chi connectivity index (χ0) is 14.7. The van der Waals surface area contributed by atoms with E-state index in [2.05, 4.69) is 29.1 Å². The molecule has 110 valence electrons. The quantitative estimate of drug-likeness (QED) is 0.387. The molecule has 1 unspecified atom stereocenters. The minimum absolute atomic E-state index is 0.0293. The predicted octanol–water partition coefficient (Wildman–Crippen LogP) is 1.96. The molecule has 1 aromatic rings. The average Bonchev–Trinajstić information content (AvgIpc) is 2.45. The highest BCUT2D eigenvalue weighted by atomic mass is 35.5. The molecule has 0 saturated carbocycles. The van der Waals surface area contributed by atoms with Crippen molar-refractivity contribution in [2.24, 2.45) is 10.9 Å². The van der Waals surface area contributed by atoms with E-state index in [1.807, 2.05) is 12.1 Å². The summed E-state index contributed by atoms with van der Waals surface area (Å²) in [4.78, 5) is 4.59. The van der Waals surface area contributed by atoms with Crippen LogP contribution in [0.4, 0.5) is 5.69 Å². The summed E-state index contributed by atoms with van der Waals surface area (Å²) in [6, 6.07) is 6.09. The minimum atomic E-state index is 0.0293. The zero-order valence-electron chi connectivity index (χ0n) is 11.9. The van der Waals surface area contributed by atoms with E-state index >= 15 is 0 Å². The molecular formula is C14H21ClN4O. The molecular weight excluding hydrogens is 276 g/mol. The lowest BCUT2D eigenvalue weighted by Gasteiger charge is -2.37. The normalized spacial score (nSPS) is 20.9. The van der Waals surface area contributed by atoms with Crippen molar-refractivity contribution in [3.8, 4) is 0 Å². The lowest BCUT2D eigenvalue weighted by atomic mass is 10.0. The molecule has 0 radical (unpaired) electrons. The Labute approximate surface area is 124 Å². The van der Waals surface area contributed by atoms with Crippen molar-refractivity contribution in [3.05, 3.63) is 28.8 Å². The smallest absolute Gasteiger partial charge is 0.171 e. The number of amidine groups is 1. The van der Waals surface area contributed by atoms with Crippen LogP contribution in [0.25, 0.3) is 0 Å². The first-order valence-electron chi connectivity index (χ1n) is 6.71. The Morgan fingerprint density at radius 1 is 1.55 bits per heavy atom. The van der Waals surface area contributed by atoms with Gasteiger partial charge in [-0.25, -0.2) is 0 Å². The van der Waals surface area contributed by atoms with Crippen molar-refractivity contribution < 1.29 is 5.21 Å². The summed E-state index contributed by atoms with van der Waals surface area (Å²) in [5.74, 6) is 0.0293. The maximum absolute atomic E-state index is 8.71. The Balaban J connectivity index is 2.18. The summed E-state index contributed by atoms with van der Waals surface area (Å²) in [7, 11) is 4.23. The molecule has 20 heavy (non-hydrogen) atoms. The number of hydrogen-bond donors (Lipinski definition) is 2. The number of hydrogen-bond acceptors (Lipinski definition) is 4. The molecule has 1 heterocycles. The van der Waals surface area contributed by atoms with Gasteiger partial charge in [0, 0.05) is 30.9 Å². The number of piperidine rings is 1. The molecule has 0 spiro atoms. The van der Waals surface area contributed by atoms with Gasteiger partial charge in [-0.1, -0.05) is 16.8 Å². The zero-order valence-corrected chi connectivity index (χ0v) is 12.6. The first-order valence-corrected chi connectivity index (χ1v) is 7.09. The maximum atomic E-state index is 8.71. The van der Waals surface area contributed by atoms with Crippen LogP contribution < -0.4 is 10.6 Å². The molecule has 1 fully saturated rings. The van der Waals surface area contributed by atoms with Crippen LogP contribution in [0.2, 0.25) is 5.02 Å². The van der Waals surface area contributed by atoms with Gasteiger partial charge in [0.05, 0.1) is 5.02 Å². The Hall–Kier alpha value is -1.46. The molecule has 0 bridgehead atoms. The van der Waals surface area contributed by atoms with Gasteiger partial charge in [-0.05, 0) is 44.6 Å². The number of nitrogens with two attached hydrogens (primary N) is 1. The maximum Gasteiger partial charge on any atom is 0.171 e. The molecule has 3 N–H and O–H groups in total. The van der Waals surface area contributed by atoms with Gasteiger partial charge in [0.2, 0.25) is 0 Å². The Bertz CT molecular complexity index is 506. The van der Waals surface area contributed by atoms with Crippen LogP contribution in [0.5, 0.6) is 0 Å². The van der Waals surface area contributed by atoms with Gasteiger partial charge in [0.1, 0.15) is 0 Å². The summed E-state index contributed by atoms with van der Waals surface area (Å²) in [6.45, 7) is 2.21. The van der Waals surface area contributed by atoms with Crippen molar-refractivity contribution >= 4 is 23.1 Å². The van der Waals surface area contributed by atoms with Crippen molar-refractivity contribution in [1.29, 1.82) is 0 Å². The molecule has 0 aromatic heterocycles. The number of nitrogens with zero attached hydrogens (tertiary/aromatic N) is 3. The molecule has 1 saturated heterocycles. The lowest BCUT2D eigenvalue weighted by Crippen LogP contribution is -2.45. The molecule has 6 heteroatoms. The van der Waals surface area contributed by atoms with Gasteiger partial charge in [0.15, 0.2) is 5.84 Å². The Morgan fingerprint density at radius 2 is 2.30 bits per heavy atom. The highest BCUT2D eigenvalue weighted by molar-refractivity contribution is 6.34. The first kappa shape index (κ1) is 14.9. The fourth-order valence-electron chi connectivity index (χ4n) is 2.65. The Morgan fingerprint density at radius 3 is 2.90 bits per heavy atom. The third kappa shape index (κ3) is 3.16. The monoisotopic (exact) mass is 296 g/mol. The number of oxime groups is 1. The second kappa shape index (κ2) is 6.33. The lowest BCUT2D eigenvalue weighted by molar-refractivity contribution is 0.248. The number of anilines is 1. The van der Waals surface area contributed by atoms with Crippen molar-refractivity contribution in [2.75, 3.05) is 32.1 Å². The SMILES string of the molecule is CN1CCCC(N(C)c2ccc(C(N)=NO)c(Cl)c2)C1. The van der Waals surface area contributed by atoms with Gasteiger partial charge in [-0.15, -0.1) is 0 Å². The second-order valence-corrected chi connectivity index (χ2v) is 5.73. The highest BCUT2D eigenvalue weighted by Gasteiger charge is 2.21. The minimum Gasteiger partial charge on any atom is -0.409 e. The summed E-state index contributed by atoms with van der Waals surface area (Å²) < 4.78 is 0. The topological polar surface area (TPSA) is 65.1 Å². The molecule has 1 aromatic carbocycles. The van der Waals surface area contributed by atoms with Crippen LogP contribution in [0.1, 0.15) is 18.4 Å². The van der Waals surface area contributed by atoms with Gasteiger partial charge >= 0.3 is 0 Å². The average molecular weight is 297 g/mol. The Kier molecular flexibility index (Phi) is 4.73. The molecule has 1 aliphatic rings. The van der Waals surface area contributed by atoms with Crippen LogP contribution in [0.15, 0.2) is 23.4 Å². The van der Waals surface area contributed by atoms with Crippen molar-refractivity contribution in [3.63, 3.8) is 0 Å². The van der Waals surface area contributed by atoms with E-state index in [0.717, 1.165) is 18.8 Å².